The minimum atomic E-state index is -0.956. The molecule has 0 aliphatic carbocycles. The van der Waals surface area contributed by atoms with E-state index in [0.29, 0.717) is 5.75 Å². The first-order chi connectivity index (χ1) is 7.10. The van der Waals surface area contributed by atoms with Crippen LogP contribution in [0.1, 0.15) is 18.1 Å². The molecule has 0 bridgehead atoms. The van der Waals surface area contributed by atoms with Crippen molar-refractivity contribution in [1.29, 1.82) is 0 Å². The third kappa shape index (κ3) is 2.81. The lowest BCUT2D eigenvalue weighted by Gasteiger charge is -2.13. The van der Waals surface area contributed by atoms with Gasteiger partial charge in [0.15, 0.2) is 0 Å². The Morgan fingerprint density at radius 2 is 2.27 bits per heavy atom. The van der Waals surface area contributed by atoms with Crippen LogP contribution in [0.4, 0.5) is 4.39 Å². The smallest absolute Gasteiger partial charge is 0.147 e. The number of rotatable bonds is 4. The first kappa shape index (κ1) is 12.2. The highest BCUT2D eigenvalue weighted by molar-refractivity contribution is 6.31. The van der Waals surface area contributed by atoms with Crippen LogP contribution < -0.4 is 10.5 Å². The Balaban J connectivity index is 3.09. The summed E-state index contributed by atoms with van der Waals surface area (Å²) in [5.41, 5.74) is 5.39. The number of halogens is 2. The molecule has 15 heavy (non-hydrogen) atoms. The first-order valence-corrected chi connectivity index (χ1v) is 4.89. The summed E-state index contributed by atoms with van der Waals surface area (Å²) in [5, 5.41) is 9.54. The zero-order valence-corrected chi connectivity index (χ0v) is 9.09. The van der Waals surface area contributed by atoms with Crippen LogP contribution in [0.2, 0.25) is 5.02 Å². The number of benzene rings is 1. The molecule has 0 aliphatic heterocycles. The minimum absolute atomic E-state index is 0.0691. The summed E-state index contributed by atoms with van der Waals surface area (Å²) < 4.78 is 18.4. The van der Waals surface area contributed by atoms with Gasteiger partial charge in [-0.2, -0.15) is 0 Å². The van der Waals surface area contributed by atoms with Crippen molar-refractivity contribution >= 4 is 11.6 Å². The van der Waals surface area contributed by atoms with Gasteiger partial charge in [0.05, 0.1) is 18.2 Å². The van der Waals surface area contributed by atoms with Crippen molar-refractivity contribution in [1.82, 2.24) is 0 Å². The van der Waals surface area contributed by atoms with Crippen LogP contribution in [0.5, 0.6) is 5.75 Å². The number of hydrogen-bond acceptors (Lipinski definition) is 3. The second-order valence-corrected chi connectivity index (χ2v) is 3.51. The van der Waals surface area contributed by atoms with Crippen LogP contribution in [-0.4, -0.2) is 18.8 Å². The van der Waals surface area contributed by atoms with Crippen molar-refractivity contribution in [2.24, 2.45) is 5.73 Å². The highest BCUT2D eigenvalue weighted by Crippen LogP contribution is 2.30. The van der Waals surface area contributed by atoms with Gasteiger partial charge < -0.3 is 15.6 Å². The third-order valence-corrected chi connectivity index (χ3v) is 2.34. The molecule has 0 saturated carbocycles. The third-order valence-electron chi connectivity index (χ3n) is 2.06. The predicted octanol–water partition coefficient (Wildman–Crippen LogP) is 1.87. The number of aliphatic hydroxyl groups is 1. The molecule has 3 nitrogen and oxygen atoms in total. The average Bonchev–Trinajstić information content (AvgIpc) is 2.22. The van der Waals surface area contributed by atoms with E-state index in [1.165, 1.54) is 19.2 Å². The Labute approximate surface area is 92.6 Å². The Bertz CT molecular complexity index is 346. The van der Waals surface area contributed by atoms with Crippen molar-refractivity contribution in [3.8, 4) is 5.75 Å². The van der Waals surface area contributed by atoms with Crippen molar-refractivity contribution in [2.75, 3.05) is 13.7 Å². The summed E-state index contributed by atoms with van der Waals surface area (Å²) in [7, 11) is 1.45. The van der Waals surface area contributed by atoms with Gasteiger partial charge >= 0.3 is 0 Å². The Hall–Kier alpha value is -0.840. The standard InChI is InChI=1S/C10H13ClFNO2/c1-15-6-4-7(9(14)2-3-13)10(12)8(11)5-6/h4-5,9,14H,2-3,13H2,1H3. The fourth-order valence-electron chi connectivity index (χ4n) is 1.26. The fourth-order valence-corrected chi connectivity index (χ4v) is 1.47. The Kier molecular flexibility index (Phi) is 4.32. The molecule has 5 heteroatoms. The van der Waals surface area contributed by atoms with E-state index >= 15 is 0 Å². The van der Waals surface area contributed by atoms with Gasteiger partial charge in [-0.05, 0) is 19.0 Å². The molecule has 0 aromatic heterocycles. The second kappa shape index (κ2) is 5.30. The SMILES string of the molecule is COc1cc(Cl)c(F)c(C(O)CCN)c1. The topological polar surface area (TPSA) is 55.5 Å². The predicted molar refractivity (Wildman–Crippen MR) is 56.6 cm³/mol. The molecule has 0 saturated heterocycles. The summed E-state index contributed by atoms with van der Waals surface area (Å²) >= 11 is 5.64. The molecule has 1 unspecified atom stereocenters. The summed E-state index contributed by atoms with van der Waals surface area (Å²) in [6.07, 6.45) is -0.678. The van der Waals surface area contributed by atoms with Crippen LogP contribution in [0.25, 0.3) is 0 Å². The molecule has 1 rings (SSSR count). The van der Waals surface area contributed by atoms with Gasteiger partial charge in [0.2, 0.25) is 0 Å². The summed E-state index contributed by atoms with van der Waals surface area (Å²) in [5.74, 6) is -0.217. The number of aliphatic hydroxyl groups excluding tert-OH is 1. The summed E-state index contributed by atoms with van der Waals surface area (Å²) in [6, 6.07) is 2.77. The Morgan fingerprint density at radius 3 is 2.80 bits per heavy atom. The average molecular weight is 234 g/mol. The summed E-state index contributed by atoms with van der Waals surface area (Å²) in [4.78, 5) is 0. The molecule has 0 heterocycles. The minimum Gasteiger partial charge on any atom is -0.497 e. The zero-order valence-electron chi connectivity index (χ0n) is 8.34. The molecule has 0 aliphatic rings. The molecule has 0 radical (unpaired) electrons. The maximum atomic E-state index is 13.5. The zero-order chi connectivity index (χ0) is 11.4. The monoisotopic (exact) mass is 233 g/mol. The molecule has 3 N–H and O–H groups in total. The van der Waals surface area contributed by atoms with E-state index in [9.17, 15) is 9.50 Å². The summed E-state index contributed by atoms with van der Waals surface area (Å²) in [6.45, 7) is 0.273. The quantitative estimate of drug-likeness (QED) is 0.835. The largest absolute Gasteiger partial charge is 0.497 e. The molecule has 0 amide bonds. The van der Waals surface area contributed by atoms with E-state index < -0.39 is 11.9 Å². The number of nitrogens with two attached hydrogens (primary N) is 1. The highest BCUT2D eigenvalue weighted by Gasteiger charge is 2.16. The van der Waals surface area contributed by atoms with Gasteiger partial charge in [0.1, 0.15) is 11.6 Å². The lowest BCUT2D eigenvalue weighted by atomic mass is 10.1. The van der Waals surface area contributed by atoms with Crippen LogP contribution in [-0.2, 0) is 0 Å². The van der Waals surface area contributed by atoms with E-state index in [0.717, 1.165) is 0 Å². The van der Waals surface area contributed by atoms with E-state index in [-0.39, 0.29) is 23.6 Å². The molecular formula is C10H13ClFNO2. The van der Waals surface area contributed by atoms with E-state index in [2.05, 4.69) is 0 Å². The Morgan fingerprint density at radius 1 is 1.60 bits per heavy atom. The first-order valence-electron chi connectivity index (χ1n) is 4.51. The normalized spacial score (nSPS) is 12.6. The van der Waals surface area contributed by atoms with Crippen molar-refractivity contribution in [2.45, 2.75) is 12.5 Å². The molecule has 0 spiro atoms. The molecule has 1 atom stereocenters. The van der Waals surface area contributed by atoms with Crippen LogP contribution in [0, 0.1) is 5.82 Å². The fraction of sp³-hybridized carbons (Fsp3) is 0.400. The van der Waals surface area contributed by atoms with Crippen molar-refractivity contribution in [3.63, 3.8) is 0 Å². The maximum Gasteiger partial charge on any atom is 0.147 e. The second-order valence-electron chi connectivity index (χ2n) is 3.11. The van der Waals surface area contributed by atoms with Crippen LogP contribution in [0.3, 0.4) is 0 Å². The number of ether oxygens (including phenoxy) is 1. The van der Waals surface area contributed by atoms with Crippen molar-refractivity contribution in [3.05, 3.63) is 28.5 Å². The highest BCUT2D eigenvalue weighted by atomic mass is 35.5. The van der Waals surface area contributed by atoms with Gasteiger partial charge in [-0.1, -0.05) is 11.6 Å². The van der Waals surface area contributed by atoms with E-state index in [1.807, 2.05) is 0 Å². The molecule has 0 fully saturated rings. The van der Waals surface area contributed by atoms with E-state index in [1.54, 1.807) is 0 Å². The van der Waals surface area contributed by atoms with E-state index in [4.69, 9.17) is 22.1 Å². The molecule has 1 aromatic rings. The lowest BCUT2D eigenvalue weighted by molar-refractivity contribution is 0.165. The van der Waals surface area contributed by atoms with Gasteiger partial charge in [-0.15, -0.1) is 0 Å². The van der Waals surface area contributed by atoms with Crippen LogP contribution in [0.15, 0.2) is 12.1 Å². The number of hydrogen-bond donors (Lipinski definition) is 2. The van der Waals surface area contributed by atoms with Gasteiger partial charge in [-0.25, -0.2) is 4.39 Å². The van der Waals surface area contributed by atoms with Crippen LogP contribution >= 0.6 is 11.6 Å². The number of methoxy groups -OCH3 is 1. The molecule has 84 valence electrons. The van der Waals surface area contributed by atoms with Crippen molar-refractivity contribution < 1.29 is 14.2 Å². The molecule has 1 aromatic carbocycles. The molecular weight excluding hydrogens is 221 g/mol. The maximum absolute atomic E-state index is 13.5. The lowest BCUT2D eigenvalue weighted by Crippen LogP contribution is -2.08. The van der Waals surface area contributed by atoms with Gasteiger partial charge in [0.25, 0.3) is 0 Å². The van der Waals surface area contributed by atoms with Gasteiger partial charge in [0, 0.05) is 11.6 Å². The van der Waals surface area contributed by atoms with Gasteiger partial charge in [-0.3, -0.25) is 0 Å².